The van der Waals surface area contributed by atoms with E-state index in [-0.39, 0.29) is 24.2 Å². The van der Waals surface area contributed by atoms with Crippen LogP contribution in [0.4, 0.5) is 0 Å². The molecule has 26 heavy (non-hydrogen) atoms. The summed E-state index contributed by atoms with van der Waals surface area (Å²) < 4.78 is 0. The van der Waals surface area contributed by atoms with Crippen molar-refractivity contribution < 1.29 is 9.59 Å². The number of pyridine rings is 1. The Bertz CT molecular complexity index is 661. The highest BCUT2D eigenvalue weighted by molar-refractivity contribution is 5.84. The van der Waals surface area contributed by atoms with Crippen LogP contribution in [0.15, 0.2) is 24.4 Å². The van der Waals surface area contributed by atoms with E-state index >= 15 is 0 Å². The molecule has 0 aromatic carbocycles. The molecule has 1 unspecified atom stereocenters. The van der Waals surface area contributed by atoms with Gasteiger partial charge in [-0.1, -0.05) is 26.8 Å². The number of aromatic nitrogens is 1. The summed E-state index contributed by atoms with van der Waals surface area (Å²) in [5.41, 5.74) is 0.358. The summed E-state index contributed by atoms with van der Waals surface area (Å²) in [6.45, 7) is 7.66. The van der Waals surface area contributed by atoms with Gasteiger partial charge in [0.2, 0.25) is 11.8 Å². The highest BCUT2D eigenvalue weighted by Crippen LogP contribution is 2.25. The first-order valence-electron chi connectivity index (χ1n) is 9.18. The standard InChI is InChI=1S/C20H28N4O2/c1-20(2,3)19(26)24-12-6-8-16(14-24)18(25)23(13-7-10-21)15-17-9-4-5-11-22-17/h4-5,9,11,16H,6-8,12-15H2,1-3H3. The van der Waals surface area contributed by atoms with Crippen molar-refractivity contribution in [2.45, 2.75) is 46.6 Å². The van der Waals surface area contributed by atoms with Crippen LogP contribution in [0.25, 0.3) is 0 Å². The van der Waals surface area contributed by atoms with Crippen molar-refractivity contribution in [3.05, 3.63) is 30.1 Å². The topological polar surface area (TPSA) is 77.3 Å². The molecule has 1 aromatic rings. The average molecular weight is 356 g/mol. The highest BCUT2D eigenvalue weighted by Gasteiger charge is 2.34. The number of rotatable bonds is 5. The fourth-order valence-electron chi connectivity index (χ4n) is 3.24. The second-order valence-corrected chi connectivity index (χ2v) is 7.83. The summed E-state index contributed by atoms with van der Waals surface area (Å²) in [5.74, 6) is -0.113. The first-order chi connectivity index (χ1) is 12.3. The molecule has 6 heteroatoms. The number of carbonyl (C=O) groups excluding carboxylic acids is 2. The quantitative estimate of drug-likeness (QED) is 0.812. The fourth-order valence-corrected chi connectivity index (χ4v) is 3.24. The van der Waals surface area contributed by atoms with Crippen molar-refractivity contribution >= 4 is 11.8 Å². The Balaban J connectivity index is 2.09. The molecular weight excluding hydrogens is 328 g/mol. The molecule has 1 aliphatic rings. The minimum absolute atomic E-state index is 0.0114. The van der Waals surface area contributed by atoms with E-state index in [0.29, 0.717) is 26.2 Å². The SMILES string of the molecule is CC(C)(C)C(=O)N1CCCC(C(=O)N(CCC#N)Cc2ccccn2)C1. The van der Waals surface area contributed by atoms with Gasteiger partial charge in [0.05, 0.1) is 30.6 Å². The van der Waals surface area contributed by atoms with Crippen LogP contribution in [0.2, 0.25) is 0 Å². The number of likely N-dealkylation sites (tertiary alicyclic amines) is 1. The van der Waals surface area contributed by atoms with Crippen LogP contribution in [-0.2, 0) is 16.1 Å². The van der Waals surface area contributed by atoms with Crippen molar-refractivity contribution in [1.82, 2.24) is 14.8 Å². The summed E-state index contributed by atoms with van der Waals surface area (Å²) in [4.78, 5) is 33.5. The van der Waals surface area contributed by atoms with Crippen LogP contribution in [-0.4, -0.2) is 46.2 Å². The molecule has 140 valence electrons. The largest absolute Gasteiger partial charge is 0.341 e. The van der Waals surface area contributed by atoms with Gasteiger partial charge in [-0.3, -0.25) is 14.6 Å². The number of hydrogen-bond donors (Lipinski definition) is 0. The third kappa shape index (κ3) is 5.29. The van der Waals surface area contributed by atoms with Gasteiger partial charge in [-0.25, -0.2) is 0 Å². The van der Waals surface area contributed by atoms with E-state index in [2.05, 4.69) is 11.1 Å². The Morgan fingerprint density at radius 2 is 2.15 bits per heavy atom. The van der Waals surface area contributed by atoms with Crippen LogP contribution in [0, 0.1) is 22.7 Å². The van der Waals surface area contributed by atoms with Gasteiger partial charge in [0.25, 0.3) is 0 Å². The predicted molar refractivity (Wildman–Crippen MR) is 98.6 cm³/mol. The van der Waals surface area contributed by atoms with Gasteiger partial charge in [-0.15, -0.1) is 0 Å². The van der Waals surface area contributed by atoms with E-state index in [0.717, 1.165) is 18.5 Å². The molecule has 1 saturated heterocycles. The maximum atomic E-state index is 13.1. The van der Waals surface area contributed by atoms with Gasteiger partial charge in [-0.2, -0.15) is 5.26 Å². The van der Waals surface area contributed by atoms with Crippen molar-refractivity contribution in [3.63, 3.8) is 0 Å². The summed E-state index contributed by atoms with van der Waals surface area (Å²) in [6, 6.07) is 7.71. The Labute approximate surface area is 155 Å². The maximum absolute atomic E-state index is 13.1. The van der Waals surface area contributed by atoms with Gasteiger partial charge in [0.1, 0.15) is 0 Å². The van der Waals surface area contributed by atoms with Gasteiger partial charge in [0.15, 0.2) is 0 Å². The van der Waals surface area contributed by atoms with Crippen LogP contribution in [0.5, 0.6) is 0 Å². The molecule has 2 amide bonds. The molecule has 0 spiro atoms. The van der Waals surface area contributed by atoms with Crippen LogP contribution < -0.4 is 0 Å². The molecule has 0 saturated carbocycles. The van der Waals surface area contributed by atoms with Crippen molar-refractivity contribution in [2.75, 3.05) is 19.6 Å². The lowest BCUT2D eigenvalue weighted by atomic mass is 9.90. The first kappa shape index (κ1) is 19.9. The number of carbonyl (C=O) groups is 2. The minimum Gasteiger partial charge on any atom is -0.341 e. The number of nitriles is 1. The summed E-state index contributed by atoms with van der Waals surface area (Å²) in [7, 11) is 0. The van der Waals surface area contributed by atoms with Crippen LogP contribution in [0.1, 0.15) is 45.7 Å². The Kier molecular flexibility index (Phi) is 6.73. The van der Waals surface area contributed by atoms with Gasteiger partial charge < -0.3 is 9.80 Å². The molecule has 0 radical (unpaired) electrons. The van der Waals surface area contributed by atoms with Crippen LogP contribution >= 0.6 is 0 Å². The monoisotopic (exact) mass is 356 g/mol. The van der Waals surface area contributed by atoms with Crippen molar-refractivity contribution in [3.8, 4) is 6.07 Å². The maximum Gasteiger partial charge on any atom is 0.227 e. The molecule has 1 aliphatic heterocycles. The molecule has 1 fully saturated rings. The van der Waals surface area contributed by atoms with Crippen molar-refractivity contribution in [2.24, 2.45) is 11.3 Å². The third-order valence-corrected chi connectivity index (χ3v) is 4.58. The number of hydrogen-bond acceptors (Lipinski definition) is 4. The second-order valence-electron chi connectivity index (χ2n) is 7.83. The molecule has 1 aromatic heterocycles. The lowest BCUT2D eigenvalue weighted by Gasteiger charge is -2.37. The lowest BCUT2D eigenvalue weighted by molar-refractivity contribution is -0.145. The zero-order valence-corrected chi connectivity index (χ0v) is 15.9. The summed E-state index contributed by atoms with van der Waals surface area (Å²) >= 11 is 0. The zero-order chi connectivity index (χ0) is 19.2. The molecule has 0 aliphatic carbocycles. The number of amides is 2. The summed E-state index contributed by atoms with van der Waals surface area (Å²) in [5, 5.41) is 8.92. The van der Waals surface area contributed by atoms with Gasteiger partial charge in [-0.05, 0) is 25.0 Å². The van der Waals surface area contributed by atoms with Gasteiger partial charge >= 0.3 is 0 Å². The van der Waals surface area contributed by atoms with E-state index in [9.17, 15) is 9.59 Å². The predicted octanol–water partition coefficient (Wildman–Crippen LogP) is 2.61. The molecule has 2 heterocycles. The fraction of sp³-hybridized carbons (Fsp3) is 0.600. The molecule has 0 N–H and O–H groups in total. The van der Waals surface area contributed by atoms with E-state index in [1.165, 1.54) is 0 Å². The number of piperidine rings is 1. The van der Waals surface area contributed by atoms with E-state index < -0.39 is 5.41 Å². The Morgan fingerprint density at radius 3 is 2.77 bits per heavy atom. The smallest absolute Gasteiger partial charge is 0.227 e. The van der Waals surface area contributed by atoms with E-state index in [1.54, 1.807) is 11.1 Å². The lowest BCUT2D eigenvalue weighted by Crippen LogP contribution is -2.49. The second kappa shape index (κ2) is 8.79. The molecular formula is C20H28N4O2. The average Bonchev–Trinajstić information content (AvgIpc) is 2.64. The summed E-state index contributed by atoms with van der Waals surface area (Å²) in [6.07, 6.45) is 3.59. The first-order valence-corrected chi connectivity index (χ1v) is 9.18. The van der Waals surface area contributed by atoms with Crippen LogP contribution in [0.3, 0.4) is 0 Å². The molecule has 2 rings (SSSR count). The van der Waals surface area contributed by atoms with Crippen molar-refractivity contribution in [1.29, 1.82) is 5.26 Å². The zero-order valence-electron chi connectivity index (χ0n) is 15.9. The third-order valence-electron chi connectivity index (χ3n) is 4.58. The minimum atomic E-state index is -0.445. The number of nitrogens with zero attached hydrogens (tertiary/aromatic N) is 4. The molecule has 1 atom stereocenters. The Morgan fingerprint density at radius 1 is 1.38 bits per heavy atom. The highest BCUT2D eigenvalue weighted by atomic mass is 16.2. The van der Waals surface area contributed by atoms with E-state index in [4.69, 9.17) is 5.26 Å². The van der Waals surface area contributed by atoms with Gasteiger partial charge in [0, 0.05) is 31.2 Å². The molecule has 0 bridgehead atoms. The normalized spacial score (nSPS) is 17.5. The molecule has 6 nitrogen and oxygen atoms in total. The Hall–Kier alpha value is -2.42. The van der Waals surface area contributed by atoms with E-state index in [1.807, 2.05) is 43.9 Å².